The Morgan fingerprint density at radius 2 is 0.939 bits per heavy atom. The summed E-state index contributed by atoms with van der Waals surface area (Å²) in [6, 6.07) is 18.2. The Hall–Kier alpha value is -15.6. The molecule has 2 aliphatic rings. The lowest BCUT2D eigenvalue weighted by atomic mass is 10.2. The fraction of sp³-hybridized carbons (Fsp3) is 0.299. The number of nitrogens with one attached hydrogen (secondary N) is 6. The van der Waals surface area contributed by atoms with Gasteiger partial charge in [-0.3, -0.25) is 48.1 Å². The molecule has 1 fully saturated rings. The van der Waals surface area contributed by atoms with Crippen LogP contribution < -0.4 is 53.2 Å². The molecule has 0 aliphatic carbocycles. The van der Waals surface area contributed by atoms with Crippen LogP contribution in [0.4, 0.5) is 21.0 Å². The quantitative estimate of drug-likeness (QED) is 0.00761. The first-order chi connectivity index (χ1) is 61.4. The van der Waals surface area contributed by atoms with Crippen molar-refractivity contribution in [3.05, 3.63) is 238 Å². The van der Waals surface area contributed by atoms with E-state index in [4.69, 9.17) is 64.8 Å². The predicted octanol–water partition coefficient (Wildman–Crippen LogP) is 3.56. The van der Waals surface area contributed by atoms with Gasteiger partial charge in [-0.2, -0.15) is 0 Å². The molecule has 726 valence electrons. The molecule has 5 rings (SSSR count). The first-order valence-corrected chi connectivity index (χ1v) is 39.1. The molecule has 0 bridgehead atoms. The number of nitrogens with zero attached hydrogens (tertiary/aromatic N) is 1. The maximum atomic E-state index is 11.8. The van der Waals surface area contributed by atoms with Gasteiger partial charge in [-0.1, -0.05) is 78.9 Å². The maximum absolute atomic E-state index is 11.8. The molecule has 132 heavy (non-hydrogen) atoms. The van der Waals surface area contributed by atoms with Gasteiger partial charge in [0.25, 0.3) is 23.6 Å². The zero-order valence-electron chi connectivity index (χ0n) is 75.2. The fourth-order valence-corrected chi connectivity index (χ4v) is 6.68. The number of aliphatic hydroxyl groups is 4. The highest BCUT2D eigenvalue weighted by molar-refractivity contribution is 7.89. The van der Waals surface area contributed by atoms with E-state index in [1.54, 1.807) is 71.0 Å². The minimum Gasteiger partial charge on any atom is -0.508 e. The predicted molar refractivity (Wildman–Crippen MR) is 482 cm³/mol. The Bertz CT molecular complexity index is 4610. The standard InChI is InChI=1S/C18H25NO8.C13H15NO4.C10H12N2O3S.C10H11NO2.C8H10O5.C7H12O4.C5H5NO2.C5H9NO2.C4H7NO2.C4H7NO.C3H5NO/c1-11(2)15(20)24-8-7-19-18(23)27-14(9-25-16(21)12(3)4)10-26-17(22)13(5)6;1-9(2)12(15)14-8-18-11-6-4-10(5-7-11)13(16)17-3;1-7(2)10(13)12-8-3-5-9(6-4-8)16(11,14)15;1-7(2)10(13)11-8-3-5-9(12)6-4-8;1-5(2)7(9)11-3-6-4-12-8(10)13-6;1-5(2)7(10)11-4-6(9)3-8;1-6-4(7)2-3-5(6)8;1-2-5(8)6-3-4-7;1-2-4(7)5-3-6;1-3(2)4(5)6;1-2-3(4)5/h14H,1,3,5,7-10H2,2,4,6H3,(H,19,23);4-7H,1,8H2,2-3H3,(H,14,15);3-6H,1H2,2H3,(H,12,13)(H2,11,14,15);3-6,12H,1H2,2H3,(H,11,13);6H,1,3-4H2,2H3;6,8-9H,1,3-4H2,2H3;2-3H,1H3;2,7H,1,3-4H2,(H,6,8);2,6H,1,3H2,(H,5,7);1H2,2H3,(H2,5,6);2H,1H2,(H2,4,5). The van der Waals surface area contributed by atoms with Crippen LogP contribution in [-0.2, 0) is 120 Å². The van der Waals surface area contributed by atoms with E-state index < -0.39 is 94.8 Å². The number of nitrogens with two attached hydrogens (primary N) is 3. The largest absolute Gasteiger partial charge is 0.508 e. The molecule has 2 atom stereocenters. The SMILES string of the molecule is C=C(C)C(=O)NCOc1ccc(C(=O)OC)cc1.C=C(C)C(=O)Nc1ccc(O)cc1.C=C(C)C(=O)Nc1ccc(S(N)(=O)=O)cc1.C=C(C)C(=O)OCC(O)CO.C=C(C)C(=O)OCC1COC(=O)O1.C=C(C)C(=O)OCCNC(=O)OC(COC(=O)C(=C)C)COC(=O)C(=C)C.C=C(C)C(N)=O.C=CC(=O)NCCO.C=CC(=O)NCO.C=CC(N)=O.CN1C(=O)C=CC1=O. The lowest BCUT2D eigenvalue weighted by Gasteiger charge is -2.18. The number of phenols is 1. The number of aliphatic hydroxyl groups excluding tert-OH is 4. The number of ether oxygens (including phenoxy) is 10. The summed E-state index contributed by atoms with van der Waals surface area (Å²) >= 11 is 0. The smallest absolute Gasteiger partial charge is 0.508 e. The summed E-state index contributed by atoms with van der Waals surface area (Å²) in [5.74, 6) is -5.48. The topological polar surface area (TPSA) is 671 Å². The summed E-state index contributed by atoms with van der Waals surface area (Å²) in [5, 5.41) is 61.6. The molecule has 0 saturated carbocycles. The number of carbonyl (C=O) groups is 17. The number of rotatable bonds is 35. The van der Waals surface area contributed by atoms with Crippen LogP contribution in [0.25, 0.3) is 0 Å². The van der Waals surface area contributed by atoms with Gasteiger partial charge in [0.05, 0.1) is 37.3 Å². The number of anilines is 2. The molecule has 1 saturated heterocycles. The monoisotopic (exact) mass is 1880 g/mol. The van der Waals surface area contributed by atoms with Crippen molar-refractivity contribution in [1.82, 2.24) is 26.2 Å². The number of hydrogen-bond acceptors (Lipinski definition) is 34. The third-order valence-electron chi connectivity index (χ3n) is 13.3. The van der Waals surface area contributed by atoms with E-state index in [1.807, 2.05) is 0 Å². The number of cyclic esters (lactones) is 2. The molecule has 3 aromatic rings. The number of benzene rings is 3. The van der Waals surface area contributed by atoms with Crippen LogP contribution in [0.15, 0.2) is 237 Å². The highest BCUT2D eigenvalue weighted by atomic mass is 32.2. The van der Waals surface area contributed by atoms with Crippen molar-refractivity contribution in [2.24, 2.45) is 16.6 Å². The molecule has 0 spiro atoms. The molecule has 3 aromatic carbocycles. The number of sulfonamides is 1. The van der Waals surface area contributed by atoms with Gasteiger partial charge < -0.3 is 116 Å². The van der Waals surface area contributed by atoms with E-state index in [9.17, 15) is 89.9 Å². The van der Waals surface area contributed by atoms with Crippen LogP contribution in [0.2, 0.25) is 0 Å². The van der Waals surface area contributed by atoms with Crippen molar-refractivity contribution in [2.45, 2.75) is 85.5 Å². The number of amides is 10. The Balaban J connectivity index is -0.000000342. The summed E-state index contributed by atoms with van der Waals surface area (Å²) in [6.07, 6.45) is 1.68. The summed E-state index contributed by atoms with van der Waals surface area (Å²) in [4.78, 5) is 184. The molecule has 10 amide bonds. The summed E-state index contributed by atoms with van der Waals surface area (Å²) < 4.78 is 69.8. The van der Waals surface area contributed by atoms with Gasteiger partial charge in [0.1, 0.15) is 64.0 Å². The number of esters is 6. The van der Waals surface area contributed by atoms with Gasteiger partial charge in [0.2, 0.25) is 39.6 Å². The normalized spacial score (nSPS) is 11.1. The van der Waals surface area contributed by atoms with Gasteiger partial charge in [0.15, 0.2) is 18.9 Å². The van der Waals surface area contributed by atoms with E-state index in [2.05, 4.69) is 136 Å². The minimum atomic E-state index is -3.69. The fourth-order valence-electron chi connectivity index (χ4n) is 6.17. The Kier molecular flexibility index (Phi) is 70.8. The van der Waals surface area contributed by atoms with Crippen molar-refractivity contribution in [3.63, 3.8) is 0 Å². The van der Waals surface area contributed by atoms with Crippen molar-refractivity contribution < 1.29 is 163 Å². The second-order valence-corrected chi connectivity index (χ2v) is 27.2. The Labute approximate surface area is 764 Å². The molecule has 2 heterocycles. The summed E-state index contributed by atoms with van der Waals surface area (Å²) in [6.45, 7) is 52.8. The summed E-state index contributed by atoms with van der Waals surface area (Å²) in [7, 11) is -0.926. The molecule has 2 unspecified atom stereocenters. The second-order valence-electron chi connectivity index (χ2n) is 25.6. The van der Waals surface area contributed by atoms with Gasteiger partial charge in [-0.05, 0) is 153 Å². The van der Waals surface area contributed by atoms with E-state index in [0.717, 1.165) is 23.1 Å². The number of likely N-dealkylation sites (N-methyl/N-ethyl adjacent to an activating group) is 1. The molecular formula is C87H118N10O34S. The molecule has 0 aromatic heterocycles. The van der Waals surface area contributed by atoms with Crippen LogP contribution >= 0.6 is 0 Å². The third-order valence-corrected chi connectivity index (χ3v) is 14.2. The molecule has 0 radical (unpaired) electrons. The number of aromatic hydroxyl groups is 1. The average molecular weight is 1880 g/mol. The lowest BCUT2D eigenvalue weighted by molar-refractivity contribution is -0.148. The zero-order chi connectivity index (χ0) is 103. The first-order valence-electron chi connectivity index (χ1n) is 37.6. The van der Waals surface area contributed by atoms with E-state index in [0.29, 0.717) is 57.1 Å². The van der Waals surface area contributed by atoms with Crippen LogP contribution in [0.3, 0.4) is 0 Å². The molecular weight excluding hydrogens is 1760 g/mol. The first kappa shape index (κ1) is 127. The molecule has 17 N–H and O–H groups in total. The van der Waals surface area contributed by atoms with Gasteiger partial charge in [0, 0.05) is 87.3 Å². The number of hydrogen-bond donors (Lipinski definition) is 14. The van der Waals surface area contributed by atoms with E-state index in [1.165, 1.54) is 90.4 Å². The van der Waals surface area contributed by atoms with Crippen molar-refractivity contribution in [2.75, 3.05) is 104 Å². The number of imide groups is 1. The van der Waals surface area contributed by atoms with Gasteiger partial charge in [-0.15, -0.1) is 0 Å². The number of phenolic OH excluding ortho intramolecular Hbond substituents is 1. The zero-order valence-corrected chi connectivity index (χ0v) is 76.0. The number of methoxy groups -OCH3 is 1. The maximum Gasteiger partial charge on any atom is 0.508 e. The Morgan fingerprint density at radius 3 is 1.27 bits per heavy atom. The molecule has 2 aliphatic heterocycles. The third kappa shape index (κ3) is 70.6. The number of carbonyl (C=O) groups excluding carboxylic acids is 17. The van der Waals surface area contributed by atoms with E-state index >= 15 is 0 Å². The van der Waals surface area contributed by atoms with Crippen LogP contribution in [0, 0.1) is 0 Å². The second kappa shape index (κ2) is 73.5. The average Bonchev–Trinajstić information content (AvgIpc) is 0.878. The Morgan fingerprint density at radius 1 is 0.538 bits per heavy atom. The summed E-state index contributed by atoms with van der Waals surface area (Å²) in [5.41, 5.74) is 13.6. The molecule has 44 nitrogen and oxygen atoms in total. The van der Waals surface area contributed by atoms with Crippen molar-refractivity contribution >= 4 is 123 Å². The van der Waals surface area contributed by atoms with Crippen LogP contribution in [0.5, 0.6) is 11.5 Å². The number of primary sulfonamides is 1. The van der Waals surface area contributed by atoms with E-state index in [-0.39, 0.29) is 141 Å². The van der Waals surface area contributed by atoms with Crippen molar-refractivity contribution in [3.8, 4) is 11.5 Å². The minimum absolute atomic E-state index is 0.000763. The number of alkyl carbamates (subject to hydrolysis) is 1. The van der Waals surface area contributed by atoms with Crippen LogP contribution in [-0.4, -0.2) is 252 Å². The highest BCUT2D eigenvalue weighted by Crippen LogP contribution is 2.17. The molecule has 45 heteroatoms. The van der Waals surface area contributed by atoms with Gasteiger partial charge in [-0.25, -0.2) is 51.9 Å². The highest BCUT2D eigenvalue weighted by Gasteiger charge is 2.27. The van der Waals surface area contributed by atoms with Gasteiger partial charge >= 0.3 is 48.1 Å². The number of primary amides is 2. The van der Waals surface area contributed by atoms with Crippen LogP contribution in [0.1, 0.15) is 72.7 Å². The lowest BCUT2D eigenvalue weighted by Crippen LogP contribution is -2.36. The van der Waals surface area contributed by atoms with Crippen molar-refractivity contribution in [1.29, 1.82) is 0 Å².